The van der Waals surface area contributed by atoms with E-state index in [1.54, 1.807) is 0 Å². The monoisotopic (exact) mass is 243 g/mol. The average Bonchev–Trinajstić information content (AvgIpc) is 2.36. The van der Waals surface area contributed by atoms with Crippen molar-refractivity contribution >= 4 is 6.09 Å². The molecule has 4 heteroatoms. The van der Waals surface area contributed by atoms with Crippen LogP contribution in [0.1, 0.15) is 52.9 Å². The lowest BCUT2D eigenvalue weighted by molar-refractivity contribution is -0.0922. The Labute approximate surface area is 104 Å². The SMILES string of the molecule is CCCOC(=O)NC1CCOC(CC)(CC)C1. The van der Waals surface area contributed by atoms with E-state index >= 15 is 0 Å². The Morgan fingerprint density at radius 1 is 1.41 bits per heavy atom. The van der Waals surface area contributed by atoms with Gasteiger partial charge in [-0.1, -0.05) is 20.8 Å². The van der Waals surface area contributed by atoms with Gasteiger partial charge >= 0.3 is 6.09 Å². The summed E-state index contributed by atoms with van der Waals surface area (Å²) >= 11 is 0. The van der Waals surface area contributed by atoms with Gasteiger partial charge in [0, 0.05) is 12.6 Å². The summed E-state index contributed by atoms with van der Waals surface area (Å²) in [5, 5.41) is 2.94. The maximum Gasteiger partial charge on any atom is 0.407 e. The zero-order valence-corrected chi connectivity index (χ0v) is 11.3. The molecule has 1 saturated heterocycles. The lowest BCUT2D eigenvalue weighted by atomic mass is 9.86. The predicted octanol–water partition coefficient (Wildman–Crippen LogP) is 2.86. The molecule has 1 aliphatic heterocycles. The van der Waals surface area contributed by atoms with E-state index in [1.165, 1.54) is 0 Å². The van der Waals surface area contributed by atoms with Gasteiger partial charge in [0.15, 0.2) is 0 Å². The molecule has 0 radical (unpaired) electrons. The number of carbonyl (C=O) groups excluding carboxylic acids is 1. The number of hydrogen-bond donors (Lipinski definition) is 1. The molecule has 1 unspecified atom stereocenters. The van der Waals surface area contributed by atoms with Gasteiger partial charge < -0.3 is 14.8 Å². The van der Waals surface area contributed by atoms with Gasteiger partial charge in [-0.3, -0.25) is 0 Å². The van der Waals surface area contributed by atoms with E-state index in [1.807, 2.05) is 6.92 Å². The van der Waals surface area contributed by atoms with Crippen LogP contribution < -0.4 is 5.32 Å². The summed E-state index contributed by atoms with van der Waals surface area (Å²) in [6.45, 7) is 7.48. The number of ether oxygens (including phenoxy) is 2. The highest BCUT2D eigenvalue weighted by atomic mass is 16.5. The quantitative estimate of drug-likeness (QED) is 0.807. The van der Waals surface area contributed by atoms with E-state index < -0.39 is 0 Å². The van der Waals surface area contributed by atoms with Gasteiger partial charge in [0.1, 0.15) is 0 Å². The highest BCUT2D eigenvalue weighted by Gasteiger charge is 2.35. The first-order valence-corrected chi connectivity index (χ1v) is 6.73. The molecule has 0 aliphatic carbocycles. The number of alkyl carbamates (subject to hydrolysis) is 1. The topological polar surface area (TPSA) is 47.6 Å². The van der Waals surface area contributed by atoms with Crippen LogP contribution in [0, 0.1) is 0 Å². The highest BCUT2D eigenvalue weighted by Crippen LogP contribution is 2.31. The van der Waals surface area contributed by atoms with Gasteiger partial charge in [0.2, 0.25) is 0 Å². The molecule has 0 aromatic rings. The summed E-state index contributed by atoms with van der Waals surface area (Å²) in [4.78, 5) is 11.5. The second-order valence-corrected chi connectivity index (χ2v) is 4.71. The van der Waals surface area contributed by atoms with Gasteiger partial charge in [-0.25, -0.2) is 4.79 Å². The van der Waals surface area contributed by atoms with Gasteiger partial charge in [0.05, 0.1) is 12.2 Å². The van der Waals surface area contributed by atoms with Crippen molar-refractivity contribution in [2.75, 3.05) is 13.2 Å². The molecule has 4 nitrogen and oxygen atoms in total. The van der Waals surface area contributed by atoms with Crippen molar-refractivity contribution in [2.45, 2.75) is 64.5 Å². The van der Waals surface area contributed by atoms with Crippen molar-refractivity contribution in [3.8, 4) is 0 Å². The van der Waals surface area contributed by atoms with E-state index in [0.29, 0.717) is 6.61 Å². The standard InChI is InChI=1S/C13H25NO3/c1-4-8-16-12(15)14-11-7-9-17-13(5-2,6-3)10-11/h11H,4-10H2,1-3H3,(H,14,15). The normalized spacial score (nSPS) is 23.1. The van der Waals surface area contributed by atoms with Crippen molar-refractivity contribution in [1.82, 2.24) is 5.32 Å². The molecule has 1 heterocycles. The zero-order valence-electron chi connectivity index (χ0n) is 11.3. The Bertz CT molecular complexity index is 239. The van der Waals surface area contributed by atoms with Crippen LogP contribution in [0.4, 0.5) is 4.79 Å². The lowest BCUT2D eigenvalue weighted by Gasteiger charge is -2.40. The van der Waals surface area contributed by atoms with Crippen molar-refractivity contribution in [3.63, 3.8) is 0 Å². The van der Waals surface area contributed by atoms with Crippen LogP contribution in [0.5, 0.6) is 0 Å². The van der Waals surface area contributed by atoms with Crippen LogP contribution in [0.2, 0.25) is 0 Å². The minimum atomic E-state index is -0.292. The van der Waals surface area contributed by atoms with Crippen LogP contribution >= 0.6 is 0 Å². The third-order valence-electron chi connectivity index (χ3n) is 3.54. The fourth-order valence-corrected chi connectivity index (χ4v) is 2.30. The van der Waals surface area contributed by atoms with Crippen molar-refractivity contribution < 1.29 is 14.3 Å². The smallest absolute Gasteiger partial charge is 0.407 e. The predicted molar refractivity (Wildman–Crippen MR) is 67.1 cm³/mol. The Hall–Kier alpha value is -0.770. The number of carbonyl (C=O) groups is 1. The maximum atomic E-state index is 11.5. The highest BCUT2D eigenvalue weighted by molar-refractivity contribution is 5.67. The minimum absolute atomic E-state index is 0.0546. The first-order chi connectivity index (χ1) is 8.15. The Kier molecular flexibility index (Phi) is 5.75. The van der Waals surface area contributed by atoms with Gasteiger partial charge in [0.25, 0.3) is 0 Å². The van der Waals surface area contributed by atoms with E-state index in [0.717, 1.165) is 38.7 Å². The van der Waals surface area contributed by atoms with Crippen LogP contribution in [0.25, 0.3) is 0 Å². The fraction of sp³-hybridized carbons (Fsp3) is 0.923. The molecule has 1 atom stereocenters. The molecule has 0 aromatic heterocycles. The van der Waals surface area contributed by atoms with E-state index in [4.69, 9.17) is 9.47 Å². The molecule has 1 rings (SSSR count). The average molecular weight is 243 g/mol. The molecule has 0 spiro atoms. The summed E-state index contributed by atoms with van der Waals surface area (Å²) < 4.78 is 10.9. The molecule has 17 heavy (non-hydrogen) atoms. The second-order valence-electron chi connectivity index (χ2n) is 4.71. The summed E-state index contributed by atoms with van der Waals surface area (Å²) in [6, 6.07) is 0.188. The third-order valence-corrected chi connectivity index (χ3v) is 3.54. The largest absolute Gasteiger partial charge is 0.450 e. The van der Waals surface area contributed by atoms with Crippen molar-refractivity contribution in [3.05, 3.63) is 0 Å². The molecule has 0 aromatic carbocycles. The van der Waals surface area contributed by atoms with Crippen LogP contribution in [-0.2, 0) is 9.47 Å². The molecule has 1 fully saturated rings. The summed E-state index contributed by atoms with van der Waals surface area (Å²) in [6.07, 6.45) is 4.32. The molecular weight excluding hydrogens is 218 g/mol. The molecule has 1 amide bonds. The first kappa shape index (κ1) is 14.3. The number of rotatable bonds is 5. The Morgan fingerprint density at radius 3 is 2.71 bits per heavy atom. The number of amides is 1. The number of nitrogens with one attached hydrogen (secondary N) is 1. The molecule has 1 N–H and O–H groups in total. The Balaban J connectivity index is 2.41. The van der Waals surface area contributed by atoms with Crippen LogP contribution in [0.15, 0.2) is 0 Å². The third kappa shape index (κ3) is 4.19. The Morgan fingerprint density at radius 2 is 2.12 bits per heavy atom. The minimum Gasteiger partial charge on any atom is -0.450 e. The second kappa shape index (κ2) is 6.84. The fourth-order valence-electron chi connectivity index (χ4n) is 2.30. The maximum absolute atomic E-state index is 11.5. The molecule has 0 saturated carbocycles. The van der Waals surface area contributed by atoms with Crippen LogP contribution in [-0.4, -0.2) is 30.9 Å². The van der Waals surface area contributed by atoms with Crippen LogP contribution in [0.3, 0.4) is 0 Å². The molecule has 1 aliphatic rings. The van der Waals surface area contributed by atoms with Gasteiger partial charge in [-0.05, 0) is 32.1 Å². The van der Waals surface area contributed by atoms with E-state index in [9.17, 15) is 4.79 Å². The summed E-state index contributed by atoms with van der Waals surface area (Å²) in [7, 11) is 0. The van der Waals surface area contributed by atoms with Crippen molar-refractivity contribution in [1.29, 1.82) is 0 Å². The summed E-state index contributed by atoms with van der Waals surface area (Å²) in [5.41, 5.74) is -0.0546. The lowest BCUT2D eigenvalue weighted by Crippen LogP contribution is -2.48. The zero-order chi connectivity index (χ0) is 12.7. The van der Waals surface area contributed by atoms with E-state index in [2.05, 4.69) is 19.2 Å². The van der Waals surface area contributed by atoms with E-state index in [-0.39, 0.29) is 17.7 Å². The molecular formula is C13H25NO3. The molecule has 100 valence electrons. The van der Waals surface area contributed by atoms with Gasteiger partial charge in [-0.15, -0.1) is 0 Å². The summed E-state index contributed by atoms with van der Waals surface area (Å²) in [5.74, 6) is 0. The van der Waals surface area contributed by atoms with Gasteiger partial charge in [-0.2, -0.15) is 0 Å². The number of hydrogen-bond acceptors (Lipinski definition) is 3. The first-order valence-electron chi connectivity index (χ1n) is 6.73. The van der Waals surface area contributed by atoms with Crippen molar-refractivity contribution in [2.24, 2.45) is 0 Å². The molecule has 0 bridgehead atoms.